The van der Waals surface area contributed by atoms with Crippen molar-refractivity contribution in [3.05, 3.63) is 29.2 Å². The Morgan fingerprint density at radius 3 is 2.80 bits per heavy atom. The summed E-state index contributed by atoms with van der Waals surface area (Å²) in [5.41, 5.74) is 3.68. The van der Waals surface area contributed by atoms with Gasteiger partial charge in [0.1, 0.15) is 0 Å². The van der Waals surface area contributed by atoms with E-state index in [1.54, 1.807) is 10.7 Å². The molecule has 0 saturated heterocycles. The molecule has 1 unspecified atom stereocenters. The summed E-state index contributed by atoms with van der Waals surface area (Å²) in [6.45, 7) is 6.14. The fourth-order valence-electron chi connectivity index (χ4n) is 2.13. The molecule has 0 bridgehead atoms. The summed E-state index contributed by atoms with van der Waals surface area (Å²) in [6, 6.07) is 1.88. The van der Waals surface area contributed by atoms with E-state index >= 15 is 0 Å². The van der Waals surface area contributed by atoms with Crippen molar-refractivity contribution < 1.29 is 8.42 Å². The maximum atomic E-state index is 10.9. The normalized spacial score (nSPS) is 13.8. The Bertz CT molecular complexity index is 723. The first-order chi connectivity index (χ1) is 9.28. The molecular formula is C12H19N5O2S. The second-order valence-electron chi connectivity index (χ2n) is 4.90. The molecule has 0 saturated carbocycles. The van der Waals surface area contributed by atoms with Crippen LogP contribution in [0.2, 0.25) is 0 Å². The molecule has 2 aromatic rings. The summed E-state index contributed by atoms with van der Waals surface area (Å²) in [5, 5.41) is 12.5. The standard InChI is InChI=1S/C12H19N5O2S/c1-8-6-12-15-7-11(10(3)17(12)16-8)9(2)14-4-5-20(13,18)19/h6-7,9,14H,4-5H2,1-3H3,(H2,13,18,19). The zero-order chi connectivity index (χ0) is 14.9. The topological polar surface area (TPSA) is 102 Å². The third kappa shape index (κ3) is 3.33. The van der Waals surface area contributed by atoms with Crippen molar-refractivity contribution in [2.45, 2.75) is 26.8 Å². The molecule has 0 radical (unpaired) electrons. The average Bonchev–Trinajstić information content (AvgIpc) is 2.69. The molecule has 0 aliphatic rings. The highest BCUT2D eigenvalue weighted by molar-refractivity contribution is 7.89. The van der Waals surface area contributed by atoms with Crippen molar-refractivity contribution in [1.29, 1.82) is 0 Å². The van der Waals surface area contributed by atoms with Crippen LogP contribution in [0, 0.1) is 13.8 Å². The third-order valence-electron chi connectivity index (χ3n) is 3.19. The molecule has 0 amide bonds. The van der Waals surface area contributed by atoms with E-state index in [0.29, 0.717) is 6.54 Å². The number of hydrogen-bond donors (Lipinski definition) is 2. The molecule has 0 aromatic carbocycles. The van der Waals surface area contributed by atoms with Gasteiger partial charge in [0.15, 0.2) is 5.65 Å². The van der Waals surface area contributed by atoms with E-state index in [-0.39, 0.29) is 11.8 Å². The molecule has 3 N–H and O–H groups in total. The average molecular weight is 297 g/mol. The summed E-state index contributed by atoms with van der Waals surface area (Å²) in [5.74, 6) is -0.0903. The van der Waals surface area contributed by atoms with Crippen LogP contribution in [0.5, 0.6) is 0 Å². The highest BCUT2D eigenvalue weighted by Crippen LogP contribution is 2.17. The molecule has 0 aliphatic heterocycles. The van der Waals surface area contributed by atoms with E-state index < -0.39 is 10.0 Å². The molecule has 0 spiro atoms. The Kier molecular flexibility index (Phi) is 4.07. The smallest absolute Gasteiger partial charge is 0.210 e. The van der Waals surface area contributed by atoms with Gasteiger partial charge in [-0.15, -0.1) is 0 Å². The first-order valence-corrected chi connectivity index (χ1v) is 8.05. The lowest BCUT2D eigenvalue weighted by Crippen LogP contribution is -2.29. The van der Waals surface area contributed by atoms with Gasteiger partial charge in [-0.3, -0.25) is 0 Å². The highest BCUT2D eigenvalue weighted by atomic mass is 32.2. The molecule has 1 atom stereocenters. The van der Waals surface area contributed by atoms with Crippen molar-refractivity contribution in [3.8, 4) is 0 Å². The molecule has 110 valence electrons. The third-order valence-corrected chi connectivity index (χ3v) is 3.96. The van der Waals surface area contributed by atoms with Crippen LogP contribution in [-0.4, -0.2) is 35.3 Å². The molecule has 0 fully saturated rings. The van der Waals surface area contributed by atoms with Crippen LogP contribution in [0.15, 0.2) is 12.3 Å². The van der Waals surface area contributed by atoms with E-state index in [1.165, 1.54) is 0 Å². The number of nitrogens with two attached hydrogens (primary N) is 1. The molecule has 20 heavy (non-hydrogen) atoms. The first kappa shape index (κ1) is 14.9. The van der Waals surface area contributed by atoms with Crippen molar-refractivity contribution in [3.63, 3.8) is 0 Å². The predicted molar refractivity (Wildman–Crippen MR) is 76.9 cm³/mol. The summed E-state index contributed by atoms with van der Waals surface area (Å²) in [4.78, 5) is 4.36. The number of nitrogens with zero attached hydrogens (tertiary/aromatic N) is 3. The fraction of sp³-hybridized carbons (Fsp3) is 0.500. The Morgan fingerprint density at radius 1 is 1.45 bits per heavy atom. The number of sulfonamides is 1. The maximum Gasteiger partial charge on any atom is 0.210 e. The van der Waals surface area contributed by atoms with Crippen LogP contribution in [-0.2, 0) is 10.0 Å². The monoisotopic (exact) mass is 297 g/mol. The second-order valence-corrected chi connectivity index (χ2v) is 6.63. The summed E-state index contributed by atoms with van der Waals surface area (Å²) < 4.78 is 23.6. The van der Waals surface area contributed by atoms with Crippen LogP contribution < -0.4 is 10.5 Å². The van der Waals surface area contributed by atoms with Crippen LogP contribution in [0.4, 0.5) is 0 Å². The van der Waals surface area contributed by atoms with E-state index in [9.17, 15) is 8.42 Å². The van der Waals surface area contributed by atoms with E-state index in [1.807, 2.05) is 26.8 Å². The zero-order valence-electron chi connectivity index (χ0n) is 11.8. The fourth-order valence-corrected chi connectivity index (χ4v) is 2.53. The molecule has 2 rings (SSSR count). The van der Waals surface area contributed by atoms with Crippen molar-refractivity contribution in [2.24, 2.45) is 5.14 Å². The molecular weight excluding hydrogens is 278 g/mol. The van der Waals surface area contributed by atoms with E-state index in [4.69, 9.17) is 5.14 Å². The summed E-state index contributed by atoms with van der Waals surface area (Å²) in [6.07, 6.45) is 1.79. The number of primary sulfonamides is 1. The molecule has 7 nitrogen and oxygen atoms in total. The number of nitrogens with one attached hydrogen (secondary N) is 1. The minimum atomic E-state index is -3.44. The summed E-state index contributed by atoms with van der Waals surface area (Å²) >= 11 is 0. The zero-order valence-corrected chi connectivity index (χ0v) is 12.6. The Morgan fingerprint density at radius 2 is 2.15 bits per heavy atom. The second kappa shape index (κ2) is 5.47. The predicted octanol–water partition coefficient (Wildman–Crippen LogP) is 0.285. The van der Waals surface area contributed by atoms with Crippen LogP contribution in [0.1, 0.15) is 29.9 Å². The number of rotatable bonds is 5. The summed E-state index contributed by atoms with van der Waals surface area (Å²) in [7, 11) is -3.44. The number of hydrogen-bond acceptors (Lipinski definition) is 5. The molecule has 8 heteroatoms. The van der Waals surface area contributed by atoms with Gasteiger partial charge in [-0.05, 0) is 20.8 Å². The quantitative estimate of drug-likeness (QED) is 0.825. The van der Waals surface area contributed by atoms with Gasteiger partial charge in [-0.25, -0.2) is 23.1 Å². The maximum absolute atomic E-state index is 10.9. The Hall–Kier alpha value is -1.51. The van der Waals surface area contributed by atoms with Gasteiger partial charge in [-0.2, -0.15) is 5.10 Å². The Balaban J connectivity index is 2.17. The van der Waals surface area contributed by atoms with Gasteiger partial charge in [0, 0.05) is 36.1 Å². The van der Waals surface area contributed by atoms with Crippen LogP contribution in [0.3, 0.4) is 0 Å². The van der Waals surface area contributed by atoms with Crippen LogP contribution >= 0.6 is 0 Å². The van der Waals surface area contributed by atoms with Gasteiger partial charge in [0.2, 0.25) is 10.0 Å². The van der Waals surface area contributed by atoms with Gasteiger partial charge in [0.05, 0.1) is 11.4 Å². The van der Waals surface area contributed by atoms with Crippen molar-refractivity contribution in [1.82, 2.24) is 19.9 Å². The van der Waals surface area contributed by atoms with Crippen molar-refractivity contribution in [2.75, 3.05) is 12.3 Å². The molecule has 0 aliphatic carbocycles. The largest absolute Gasteiger partial charge is 0.309 e. The lowest BCUT2D eigenvalue weighted by molar-refractivity contribution is 0.568. The highest BCUT2D eigenvalue weighted by Gasteiger charge is 2.13. The number of aromatic nitrogens is 3. The van der Waals surface area contributed by atoms with Gasteiger partial charge in [-0.1, -0.05) is 0 Å². The first-order valence-electron chi connectivity index (χ1n) is 6.33. The Labute approximate surface area is 118 Å². The van der Waals surface area contributed by atoms with E-state index in [2.05, 4.69) is 15.4 Å². The van der Waals surface area contributed by atoms with E-state index in [0.717, 1.165) is 22.6 Å². The minimum absolute atomic E-state index is 0.0295. The SMILES string of the molecule is Cc1cc2ncc(C(C)NCCS(N)(=O)=O)c(C)n2n1. The minimum Gasteiger partial charge on any atom is -0.309 e. The van der Waals surface area contributed by atoms with Crippen LogP contribution in [0.25, 0.3) is 5.65 Å². The lowest BCUT2D eigenvalue weighted by Gasteiger charge is -2.16. The van der Waals surface area contributed by atoms with Gasteiger partial charge >= 0.3 is 0 Å². The number of fused-ring (bicyclic) bond motifs is 1. The van der Waals surface area contributed by atoms with Gasteiger partial charge in [0.25, 0.3) is 0 Å². The van der Waals surface area contributed by atoms with Gasteiger partial charge < -0.3 is 5.32 Å². The molecule has 2 aromatic heterocycles. The van der Waals surface area contributed by atoms with Crippen molar-refractivity contribution >= 4 is 15.7 Å². The number of aryl methyl sites for hydroxylation is 2. The molecule has 2 heterocycles. The lowest BCUT2D eigenvalue weighted by atomic mass is 10.1.